The molecule has 3 rings (SSSR count). The first kappa shape index (κ1) is 15.7. The molecule has 2 aromatic rings. The molecule has 0 radical (unpaired) electrons. The number of aromatic nitrogens is 2. The fourth-order valence-electron chi connectivity index (χ4n) is 3.15. The van der Waals surface area contributed by atoms with E-state index >= 15 is 0 Å². The second-order valence-corrected chi connectivity index (χ2v) is 6.37. The molecule has 1 amide bonds. The van der Waals surface area contributed by atoms with Gasteiger partial charge < -0.3 is 0 Å². The van der Waals surface area contributed by atoms with Crippen LogP contribution in [0.5, 0.6) is 0 Å². The highest BCUT2D eigenvalue weighted by Gasteiger charge is 2.16. The molecule has 0 aromatic carbocycles. The number of amides is 1. The molecule has 2 heterocycles. The highest BCUT2D eigenvalue weighted by molar-refractivity contribution is 5.96. The fraction of sp³-hybridized carbons (Fsp3) is 0.500. The molecule has 0 atom stereocenters. The van der Waals surface area contributed by atoms with Crippen LogP contribution in [0, 0.1) is 13.8 Å². The molecule has 0 saturated heterocycles. The minimum Gasteiger partial charge on any atom is -0.295 e. The minimum absolute atomic E-state index is 0.185. The number of fused-ring (bicyclic) bond motifs is 1. The van der Waals surface area contributed by atoms with Crippen LogP contribution in [0.4, 0.5) is 0 Å². The molecule has 2 aromatic heterocycles. The van der Waals surface area contributed by atoms with Crippen LogP contribution in [-0.4, -0.2) is 21.0 Å². The molecule has 1 aliphatic carbocycles. The maximum absolute atomic E-state index is 12.6. The van der Waals surface area contributed by atoms with Gasteiger partial charge in [-0.25, -0.2) is 10.4 Å². The summed E-state index contributed by atoms with van der Waals surface area (Å²) >= 11 is 0. The second kappa shape index (κ2) is 6.94. The van der Waals surface area contributed by atoms with Gasteiger partial charge in [0, 0.05) is 11.9 Å². The van der Waals surface area contributed by atoms with Crippen molar-refractivity contribution in [2.45, 2.75) is 58.8 Å². The Bertz CT molecular complexity index is 735. The summed E-state index contributed by atoms with van der Waals surface area (Å²) in [5.74, 6) is -0.185. The Labute approximate surface area is 136 Å². The fourth-order valence-corrected chi connectivity index (χ4v) is 3.15. The van der Waals surface area contributed by atoms with Crippen LogP contribution in [0.25, 0.3) is 5.65 Å². The Morgan fingerprint density at radius 1 is 1.13 bits per heavy atom. The van der Waals surface area contributed by atoms with Crippen LogP contribution >= 0.6 is 0 Å². The summed E-state index contributed by atoms with van der Waals surface area (Å²) in [4.78, 5) is 17.0. The highest BCUT2D eigenvalue weighted by Crippen LogP contribution is 2.16. The van der Waals surface area contributed by atoms with Crippen molar-refractivity contribution in [1.82, 2.24) is 14.8 Å². The van der Waals surface area contributed by atoms with Crippen LogP contribution in [0.2, 0.25) is 0 Å². The number of nitrogens with one attached hydrogen (secondary N) is 1. The van der Waals surface area contributed by atoms with E-state index in [0.29, 0.717) is 5.69 Å². The first-order valence-electron chi connectivity index (χ1n) is 8.46. The summed E-state index contributed by atoms with van der Waals surface area (Å²) in [7, 11) is 0. The van der Waals surface area contributed by atoms with E-state index in [0.717, 1.165) is 35.5 Å². The number of hydrazone groups is 1. The van der Waals surface area contributed by atoms with Gasteiger partial charge in [0.1, 0.15) is 11.3 Å². The molecule has 122 valence electrons. The molecule has 0 spiro atoms. The lowest BCUT2D eigenvalue weighted by Crippen LogP contribution is -2.22. The van der Waals surface area contributed by atoms with E-state index in [2.05, 4.69) is 15.5 Å². The lowest BCUT2D eigenvalue weighted by Gasteiger charge is -2.11. The molecule has 0 bridgehead atoms. The van der Waals surface area contributed by atoms with Gasteiger partial charge in [-0.2, -0.15) is 5.10 Å². The highest BCUT2D eigenvalue weighted by atomic mass is 16.2. The van der Waals surface area contributed by atoms with Crippen molar-refractivity contribution in [3.05, 3.63) is 35.3 Å². The quantitative estimate of drug-likeness (QED) is 0.858. The van der Waals surface area contributed by atoms with Crippen LogP contribution in [0.1, 0.15) is 66.7 Å². The largest absolute Gasteiger partial charge is 0.295 e. The average Bonchev–Trinajstić information content (AvgIpc) is 2.81. The lowest BCUT2D eigenvalue weighted by molar-refractivity contribution is 0.0948. The van der Waals surface area contributed by atoms with Crippen molar-refractivity contribution in [3.8, 4) is 0 Å². The van der Waals surface area contributed by atoms with Gasteiger partial charge in [0.05, 0.1) is 5.69 Å². The van der Waals surface area contributed by atoms with Gasteiger partial charge >= 0.3 is 0 Å². The number of pyridine rings is 1. The third-order valence-corrected chi connectivity index (χ3v) is 4.40. The number of hydrogen-bond donors (Lipinski definition) is 1. The van der Waals surface area contributed by atoms with E-state index in [-0.39, 0.29) is 5.91 Å². The van der Waals surface area contributed by atoms with E-state index < -0.39 is 0 Å². The third-order valence-electron chi connectivity index (χ3n) is 4.40. The van der Waals surface area contributed by atoms with Crippen LogP contribution < -0.4 is 5.43 Å². The van der Waals surface area contributed by atoms with Gasteiger partial charge in [0.15, 0.2) is 0 Å². The van der Waals surface area contributed by atoms with E-state index in [1.54, 1.807) is 0 Å². The Morgan fingerprint density at radius 3 is 2.57 bits per heavy atom. The first-order chi connectivity index (χ1) is 11.1. The van der Waals surface area contributed by atoms with Gasteiger partial charge in [-0.15, -0.1) is 0 Å². The smallest absolute Gasteiger partial charge is 0.290 e. The van der Waals surface area contributed by atoms with E-state index in [9.17, 15) is 4.79 Å². The van der Waals surface area contributed by atoms with Crippen molar-refractivity contribution in [2.75, 3.05) is 0 Å². The van der Waals surface area contributed by atoms with Crippen molar-refractivity contribution < 1.29 is 4.79 Å². The van der Waals surface area contributed by atoms with Crippen molar-refractivity contribution >= 4 is 17.3 Å². The van der Waals surface area contributed by atoms with Gasteiger partial charge in [-0.1, -0.05) is 25.3 Å². The zero-order valence-corrected chi connectivity index (χ0v) is 13.9. The third kappa shape index (κ3) is 3.60. The topological polar surface area (TPSA) is 58.8 Å². The van der Waals surface area contributed by atoms with Crippen molar-refractivity contribution in [1.29, 1.82) is 0 Å². The molecular weight excluding hydrogens is 288 g/mol. The molecule has 1 saturated carbocycles. The number of hydrogen-bond acceptors (Lipinski definition) is 3. The Morgan fingerprint density at radius 2 is 1.83 bits per heavy atom. The predicted molar refractivity (Wildman–Crippen MR) is 91.9 cm³/mol. The number of nitrogens with zero attached hydrogens (tertiary/aromatic N) is 3. The summed E-state index contributed by atoms with van der Waals surface area (Å²) < 4.78 is 1.85. The van der Waals surface area contributed by atoms with Gasteiger partial charge in [0.2, 0.25) is 0 Å². The van der Waals surface area contributed by atoms with Crippen LogP contribution in [-0.2, 0) is 0 Å². The summed E-state index contributed by atoms with van der Waals surface area (Å²) in [5.41, 5.74) is 7.03. The van der Waals surface area contributed by atoms with E-state index in [1.807, 2.05) is 36.6 Å². The van der Waals surface area contributed by atoms with Gasteiger partial charge in [-0.05, 0) is 51.2 Å². The molecule has 1 fully saturated rings. The van der Waals surface area contributed by atoms with Gasteiger partial charge in [-0.3, -0.25) is 9.20 Å². The summed E-state index contributed by atoms with van der Waals surface area (Å²) in [6, 6.07) is 3.93. The molecular formula is C18H24N4O. The van der Waals surface area contributed by atoms with Crippen LogP contribution in [0.15, 0.2) is 23.4 Å². The molecule has 1 N–H and O–H groups in total. The lowest BCUT2D eigenvalue weighted by atomic mass is 9.99. The normalized spacial score (nSPS) is 16.0. The van der Waals surface area contributed by atoms with Crippen molar-refractivity contribution in [3.63, 3.8) is 0 Å². The maximum Gasteiger partial charge on any atom is 0.290 e. The molecule has 5 heteroatoms. The van der Waals surface area contributed by atoms with Gasteiger partial charge in [0.25, 0.3) is 5.91 Å². The number of carbonyl (C=O) groups excluding carboxylic acids is 1. The number of carbonyl (C=O) groups is 1. The molecule has 5 nitrogen and oxygen atoms in total. The Balaban J connectivity index is 1.80. The first-order valence-corrected chi connectivity index (χ1v) is 8.46. The Kier molecular flexibility index (Phi) is 4.74. The van der Waals surface area contributed by atoms with E-state index in [1.165, 1.54) is 32.1 Å². The van der Waals surface area contributed by atoms with Crippen LogP contribution in [0.3, 0.4) is 0 Å². The number of aryl methyl sites for hydroxylation is 2. The second-order valence-electron chi connectivity index (χ2n) is 6.37. The van der Waals surface area contributed by atoms with E-state index in [4.69, 9.17) is 0 Å². The zero-order valence-electron chi connectivity index (χ0n) is 13.9. The zero-order chi connectivity index (χ0) is 16.2. The molecule has 1 aliphatic rings. The minimum atomic E-state index is -0.185. The standard InChI is InChI=1S/C18H24N4O/c1-13-10-11-16-19-14(2)17(22(16)12-13)18(23)21-20-15-8-6-4-3-5-7-9-15/h10-12H,3-9H2,1-2H3,(H,21,23). The SMILES string of the molecule is Cc1ccc2nc(C)c(C(=O)NN=C3CCCCCCC3)n2c1. The number of imidazole rings is 1. The maximum atomic E-state index is 12.6. The molecule has 23 heavy (non-hydrogen) atoms. The average molecular weight is 312 g/mol. The number of rotatable bonds is 2. The summed E-state index contributed by atoms with van der Waals surface area (Å²) in [5, 5.41) is 4.39. The molecule has 0 unspecified atom stereocenters. The predicted octanol–water partition coefficient (Wildman–Crippen LogP) is 3.78. The van der Waals surface area contributed by atoms with Crippen molar-refractivity contribution in [2.24, 2.45) is 5.10 Å². The monoisotopic (exact) mass is 312 g/mol. The molecule has 0 aliphatic heterocycles. The Hall–Kier alpha value is -2.17. The summed E-state index contributed by atoms with van der Waals surface area (Å²) in [6.07, 6.45) is 10.1. The summed E-state index contributed by atoms with van der Waals surface area (Å²) in [6.45, 7) is 3.87.